The monoisotopic (exact) mass is 475 g/mol. The van der Waals surface area contributed by atoms with Crippen molar-refractivity contribution in [3.8, 4) is 5.69 Å². The van der Waals surface area contributed by atoms with Crippen LogP contribution in [-0.2, 0) is 11.0 Å². The van der Waals surface area contributed by atoms with Gasteiger partial charge in [0.25, 0.3) is 5.56 Å². The third-order valence-corrected chi connectivity index (χ3v) is 6.44. The molecule has 10 heteroatoms. The molecule has 2 heterocycles. The number of fused-ring (bicyclic) bond motifs is 1. The number of nitrogens with one attached hydrogen (secondary N) is 1. The highest BCUT2D eigenvalue weighted by Gasteiger charge is 2.30. The van der Waals surface area contributed by atoms with Gasteiger partial charge in [0, 0.05) is 5.69 Å². The number of anilines is 1. The maximum atomic E-state index is 13.1. The second-order valence-electron chi connectivity index (χ2n) is 6.87. The number of carbonyl (C=O) groups excluding carboxylic acids is 1. The lowest BCUT2D eigenvalue weighted by molar-refractivity contribution is -0.137. The van der Waals surface area contributed by atoms with Crippen LogP contribution < -0.4 is 10.9 Å². The van der Waals surface area contributed by atoms with Crippen molar-refractivity contribution in [2.75, 3.05) is 11.1 Å². The fourth-order valence-corrected chi connectivity index (χ4v) is 4.68. The van der Waals surface area contributed by atoms with Crippen molar-refractivity contribution >= 4 is 44.9 Å². The van der Waals surface area contributed by atoms with Gasteiger partial charge in [0.05, 0.1) is 22.5 Å². The molecular weight excluding hydrogens is 459 g/mol. The number of halogens is 3. The first-order chi connectivity index (χ1) is 15.2. The second kappa shape index (κ2) is 8.79. The molecule has 0 radical (unpaired) electrons. The molecule has 0 fully saturated rings. The van der Waals surface area contributed by atoms with Crippen LogP contribution in [0.15, 0.2) is 69.9 Å². The zero-order valence-electron chi connectivity index (χ0n) is 16.6. The van der Waals surface area contributed by atoms with Crippen LogP contribution in [0.4, 0.5) is 18.9 Å². The van der Waals surface area contributed by atoms with E-state index in [0.29, 0.717) is 21.1 Å². The van der Waals surface area contributed by atoms with Crippen LogP contribution in [0.25, 0.3) is 15.9 Å². The van der Waals surface area contributed by atoms with Crippen molar-refractivity contribution in [1.82, 2.24) is 9.55 Å². The average Bonchev–Trinajstić information content (AvgIpc) is 3.22. The van der Waals surface area contributed by atoms with Crippen LogP contribution >= 0.6 is 23.1 Å². The van der Waals surface area contributed by atoms with Crippen LogP contribution in [0.2, 0.25) is 0 Å². The summed E-state index contributed by atoms with van der Waals surface area (Å²) in [5, 5.41) is 4.57. The van der Waals surface area contributed by atoms with E-state index in [0.717, 1.165) is 29.5 Å². The normalized spacial score (nSPS) is 11.6. The maximum Gasteiger partial charge on any atom is 0.416 e. The standard InChI is InChI=1S/C22H16F3N3O2S2/c1-13-5-2-3-8-17(13)28-20(30)19-16(9-10-31-19)27-21(28)32-12-18(29)26-15-7-4-6-14(11-15)22(23,24)25/h2-11H,12H2,1H3,(H,26,29). The minimum absolute atomic E-state index is 0.0444. The summed E-state index contributed by atoms with van der Waals surface area (Å²) in [6.45, 7) is 1.87. The van der Waals surface area contributed by atoms with Crippen LogP contribution in [-0.4, -0.2) is 21.2 Å². The summed E-state index contributed by atoms with van der Waals surface area (Å²) in [7, 11) is 0. The van der Waals surface area contributed by atoms with Crippen molar-refractivity contribution in [3.05, 3.63) is 81.5 Å². The summed E-state index contributed by atoms with van der Waals surface area (Å²) in [5.41, 5.74) is 1.01. The fourth-order valence-electron chi connectivity index (χ4n) is 3.12. The van der Waals surface area contributed by atoms with E-state index in [9.17, 15) is 22.8 Å². The Labute approximate surface area is 188 Å². The highest BCUT2D eigenvalue weighted by atomic mass is 32.2. The number of amides is 1. The number of hydrogen-bond donors (Lipinski definition) is 1. The van der Waals surface area contributed by atoms with Crippen LogP contribution in [0, 0.1) is 6.92 Å². The number of alkyl halides is 3. The highest BCUT2D eigenvalue weighted by molar-refractivity contribution is 7.99. The lowest BCUT2D eigenvalue weighted by atomic mass is 10.2. The first-order valence-electron chi connectivity index (χ1n) is 9.40. The van der Waals surface area contributed by atoms with Gasteiger partial charge in [-0.15, -0.1) is 11.3 Å². The molecule has 0 spiro atoms. The zero-order chi connectivity index (χ0) is 22.9. The van der Waals surface area contributed by atoms with E-state index in [1.807, 2.05) is 25.1 Å². The van der Waals surface area contributed by atoms with Crippen molar-refractivity contribution < 1.29 is 18.0 Å². The number of aromatic nitrogens is 2. The number of nitrogens with zero attached hydrogens (tertiary/aromatic N) is 2. The molecule has 2 aromatic carbocycles. The van der Waals surface area contributed by atoms with Gasteiger partial charge in [-0.3, -0.25) is 14.2 Å². The summed E-state index contributed by atoms with van der Waals surface area (Å²) in [6, 6.07) is 13.5. The molecule has 0 aliphatic rings. The Bertz CT molecular complexity index is 1360. The Morgan fingerprint density at radius 2 is 1.94 bits per heavy atom. The van der Waals surface area contributed by atoms with Crippen LogP contribution in [0.5, 0.6) is 0 Å². The van der Waals surface area contributed by atoms with Gasteiger partial charge in [0.2, 0.25) is 5.91 Å². The quantitative estimate of drug-likeness (QED) is 0.306. The molecule has 0 saturated heterocycles. The molecule has 0 atom stereocenters. The molecule has 4 rings (SSSR count). The molecule has 32 heavy (non-hydrogen) atoms. The number of aryl methyl sites for hydroxylation is 1. The minimum atomic E-state index is -4.50. The van der Waals surface area contributed by atoms with Gasteiger partial charge >= 0.3 is 6.18 Å². The Balaban J connectivity index is 1.61. The lowest BCUT2D eigenvalue weighted by Gasteiger charge is -2.14. The maximum absolute atomic E-state index is 13.1. The van der Waals surface area contributed by atoms with Gasteiger partial charge in [-0.1, -0.05) is 36.0 Å². The van der Waals surface area contributed by atoms with E-state index >= 15 is 0 Å². The number of para-hydroxylation sites is 1. The molecule has 0 unspecified atom stereocenters. The van der Waals surface area contributed by atoms with E-state index in [1.165, 1.54) is 28.0 Å². The Hall–Kier alpha value is -3.11. The van der Waals surface area contributed by atoms with E-state index < -0.39 is 17.6 Å². The molecule has 0 bridgehead atoms. The highest BCUT2D eigenvalue weighted by Crippen LogP contribution is 2.31. The third-order valence-electron chi connectivity index (χ3n) is 4.61. The van der Waals surface area contributed by atoms with Crippen LogP contribution in [0.1, 0.15) is 11.1 Å². The van der Waals surface area contributed by atoms with Crippen molar-refractivity contribution in [1.29, 1.82) is 0 Å². The first kappa shape index (κ1) is 22.1. The molecule has 0 saturated carbocycles. The fraction of sp³-hybridized carbons (Fsp3) is 0.136. The zero-order valence-corrected chi connectivity index (χ0v) is 18.3. The van der Waals surface area contributed by atoms with Crippen LogP contribution in [0.3, 0.4) is 0 Å². The number of hydrogen-bond acceptors (Lipinski definition) is 5. The van der Waals surface area contributed by atoms with E-state index in [1.54, 1.807) is 17.5 Å². The Kier molecular flexibility index (Phi) is 6.07. The smallest absolute Gasteiger partial charge is 0.325 e. The molecule has 164 valence electrons. The van der Waals surface area contributed by atoms with Gasteiger partial charge in [0.1, 0.15) is 4.70 Å². The molecule has 1 amide bonds. The summed E-state index contributed by atoms with van der Waals surface area (Å²) in [6.07, 6.45) is -4.50. The summed E-state index contributed by atoms with van der Waals surface area (Å²) < 4.78 is 40.7. The molecule has 0 aliphatic heterocycles. The summed E-state index contributed by atoms with van der Waals surface area (Å²) in [5.74, 6) is -0.644. The Morgan fingerprint density at radius 3 is 2.69 bits per heavy atom. The average molecular weight is 476 g/mol. The minimum Gasteiger partial charge on any atom is -0.325 e. The van der Waals surface area contributed by atoms with Gasteiger partial charge < -0.3 is 5.32 Å². The Morgan fingerprint density at radius 1 is 1.16 bits per heavy atom. The molecule has 4 aromatic rings. The van der Waals surface area contributed by atoms with E-state index in [4.69, 9.17) is 0 Å². The predicted molar refractivity (Wildman–Crippen MR) is 121 cm³/mol. The largest absolute Gasteiger partial charge is 0.416 e. The van der Waals surface area contributed by atoms with Crippen molar-refractivity contribution in [2.45, 2.75) is 18.3 Å². The summed E-state index contributed by atoms with van der Waals surface area (Å²) in [4.78, 5) is 30.1. The number of thioether (sulfide) groups is 1. The topological polar surface area (TPSA) is 64.0 Å². The molecular formula is C22H16F3N3O2S2. The number of thiophene rings is 1. The predicted octanol–water partition coefficient (Wildman–Crippen LogP) is 5.51. The second-order valence-corrected chi connectivity index (χ2v) is 8.73. The molecule has 0 aliphatic carbocycles. The van der Waals surface area contributed by atoms with Crippen molar-refractivity contribution in [3.63, 3.8) is 0 Å². The van der Waals surface area contributed by atoms with E-state index in [2.05, 4.69) is 10.3 Å². The first-order valence-corrected chi connectivity index (χ1v) is 11.3. The van der Waals surface area contributed by atoms with Gasteiger partial charge in [-0.2, -0.15) is 13.2 Å². The van der Waals surface area contributed by atoms with Gasteiger partial charge in [-0.25, -0.2) is 4.98 Å². The number of benzene rings is 2. The van der Waals surface area contributed by atoms with Gasteiger partial charge in [-0.05, 0) is 48.2 Å². The summed E-state index contributed by atoms with van der Waals surface area (Å²) >= 11 is 2.33. The number of carbonyl (C=O) groups is 1. The van der Waals surface area contributed by atoms with E-state index in [-0.39, 0.29) is 17.0 Å². The molecule has 1 N–H and O–H groups in total. The lowest BCUT2D eigenvalue weighted by Crippen LogP contribution is -2.22. The van der Waals surface area contributed by atoms with Gasteiger partial charge in [0.15, 0.2) is 5.16 Å². The van der Waals surface area contributed by atoms with Crippen molar-refractivity contribution in [2.24, 2.45) is 0 Å². The number of rotatable bonds is 5. The third kappa shape index (κ3) is 4.56. The SMILES string of the molecule is Cc1ccccc1-n1c(SCC(=O)Nc2cccc(C(F)(F)F)c2)nc2ccsc2c1=O. The molecule has 5 nitrogen and oxygen atoms in total. The molecule has 2 aromatic heterocycles.